The highest BCUT2D eigenvalue weighted by Crippen LogP contribution is 2.50. The topological polar surface area (TPSA) is 40.5 Å². The first kappa shape index (κ1) is 27.4. The van der Waals surface area contributed by atoms with E-state index < -0.39 is 11.2 Å². The quantitative estimate of drug-likeness (QED) is 0.210. The number of hydrogen-bond donors (Lipinski definition) is 2. The van der Waals surface area contributed by atoms with Crippen molar-refractivity contribution in [2.75, 3.05) is 0 Å². The lowest BCUT2D eigenvalue weighted by molar-refractivity contribution is -0.113. The predicted octanol–water partition coefficient (Wildman–Crippen LogP) is 8.81. The molecule has 0 amide bonds. The SMILES string of the molecule is Cc1cc([C@@](O)(c2ccccc2)[C@](O)(c2ccccc2)c2ccc(-c3ccccc3)c(C)c2)ccc1-c1ccccc1. The molecular weight excluding hydrogens is 512 g/mol. The lowest BCUT2D eigenvalue weighted by Crippen LogP contribution is -2.51. The number of aliphatic hydroxyl groups is 2. The first-order valence-corrected chi connectivity index (χ1v) is 14.3. The zero-order chi connectivity index (χ0) is 29.2. The van der Waals surface area contributed by atoms with E-state index in [1.165, 1.54) is 0 Å². The van der Waals surface area contributed by atoms with Gasteiger partial charge in [-0.3, -0.25) is 0 Å². The van der Waals surface area contributed by atoms with Gasteiger partial charge in [-0.05, 0) is 69.5 Å². The summed E-state index contributed by atoms with van der Waals surface area (Å²) in [7, 11) is 0. The van der Waals surface area contributed by atoms with Gasteiger partial charge in [0.2, 0.25) is 0 Å². The largest absolute Gasteiger partial charge is 0.377 e. The van der Waals surface area contributed by atoms with Crippen LogP contribution in [0.1, 0.15) is 33.4 Å². The van der Waals surface area contributed by atoms with Gasteiger partial charge in [-0.1, -0.05) is 158 Å². The van der Waals surface area contributed by atoms with Crippen LogP contribution in [0.5, 0.6) is 0 Å². The van der Waals surface area contributed by atoms with Gasteiger partial charge < -0.3 is 10.2 Å². The van der Waals surface area contributed by atoms with Crippen molar-refractivity contribution in [1.29, 1.82) is 0 Å². The summed E-state index contributed by atoms with van der Waals surface area (Å²) in [6.07, 6.45) is 0. The van der Waals surface area contributed by atoms with Crippen molar-refractivity contribution in [3.8, 4) is 22.3 Å². The van der Waals surface area contributed by atoms with Crippen LogP contribution in [0.2, 0.25) is 0 Å². The Balaban J connectivity index is 1.61. The highest BCUT2D eigenvalue weighted by Gasteiger charge is 2.54. The van der Waals surface area contributed by atoms with Gasteiger partial charge in [-0.25, -0.2) is 0 Å². The van der Waals surface area contributed by atoms with Crippen molar-refractivity contribution >= 4 is 0 Å². The summed E-state index contributed by atoms with van der Waals surface area (Å²) in [6, 6.07) is 51.5. The molecule has 0 aliphatic rings. The van der Waals surface area contributed by atoms with Crippen LogP contribution in [0.25, 0.3) is 22.3 Å². The Morgan fingerprint density at radius 3 is 0.976 bits per heavy atom. The minimum Gasteiger partial charge on any atom is -0.377 e. The van der Waals surface area contributed by atoms with Crippen LogP contribution in [-0.2, 0) is 11.2 Å². The second-order valence-corrected chi connectivity index (χ2v) is 10.9. The van der Waals surface area contributed by atoms with Crippen molar-refractivity contribution in [3.63, 3.8) is 0 Å². The predicted molar refractivity (Wildman–Crippen MR) is 172 cm³/mol. The molecule has 0 unspecified atom stereocenters. The summed E-state index contributed by atoms with van der Waals surface area (Å²) < 4.78 is 0. The minimum atomic E-state index is -1.82. The normalized spacial score (nSPS) is 14.1. The maximum absolute atomic E-state index is 13.2. The summed E-state index contributed by atoms with van der Waals surface area (Å²) >= 11 is 0. The molecule has 0 saturated heterocycles. The molecule has 0 radical (unpaired) electrons. The van der Waals surface area contributed by atoms with Crippen LogP contribution in [0.4, 0.5) is 0 Å². The molecule has 6 aromatic rings. The average Bonchev–Trinajstić information content (AvgIpc) is 3.05. The van der Waals surface area contributed by atoms with Gasteiger partial charge in [-0.15, -0.1) is 0 Å². The fraction of sp³-hybridized carbons (Fsp3) is 0.100. The second-order valence-electron chi connectivity index (χ2n) is 10.9. The van der Waals surface area contributed by atoms with Crippen molar-refractivity contribution in [2.45, 2.75) is 25.0 Å². The van der Waals surface area contributed by atoms with Gasteiger partial charge in [0.1, 0.15) is 0 Å². The van der Waals surface area contributed by atoms with Gasteiger partial charge in [0.25, 0.3) is 0 Å². The van der Waals surface area contributed by atoms with Crippen LogP contribution < -0.4 is 0 Å². The first-order valence-electron chi connectivity index (χ1n) is 14.3. The zero-order valence-corrected chi connectivity index (χ0v) is 23.9. The fourth-order valence-electron chi connectivity index (χ4n) is 6.19. The smallest absolute Gasteiger partial charge is 0.152 e. The number of hydrogen-bond acceptors (Lipinski definition) is 2. The Bertz CT molecular complexity index is 1660. The molecule has 0 aliphatic carbocycles. The lowest BCUT2D eigenvalue weighted by Gasteiger charge is -2.45. The average molecular weight is 547 g/mol. The molecule has 2 heteroatoms. The number of rotatable bonds is 7. The third kappa shape index (κ3) is 4.65. The standard InChI is InChI=1S/C40H34O2/c1-29-27-35(23-25-37(29)31-15-7-3-8-16-31)39(41,33-19-11-5-12-20-33)40(42,34-21-13-6-14-22-34)36-24-26-38(30(2)28-36)32-17-9-4-10-18-32/h3-28,41-42H,1-2H3/t39-,40-/m0/s1. The summed E-state index contributed by atoms with van der Waals surface area (Å²) in [5.74, 6) is 0. The van der Waals surface area contributed by atoms with Gasteiger partial charge in [0, 0.05) is 0 Å². The van der Waals surface area contributed by atoms with Crippen LogP contribution in [-0.4, -0.2) is 10.2 Å². The molecule has 6 rings (SSSR count). The molecule has 0 aromatic heterocycles. The number of benzene rings is 6. The van der Waals surface area contributed by atoms with Crippen LogP contribution in [0.15, 0.2) is 158 Å². The van der Waals surface area contributed by atoms with E-state index >= 15 is 0 Å². The first-order chi connectivity index (χ1) is 20.4. The summed E-state index contributed by atoms with van der Waals surface area (Å²) in [5, 5.41) is 26.4. The third-order valence-corrected chi connectivity index (χ3v) is 8.36. The minimum absolute atomic E-state index is 0.605. The highest BCUT2D eigenvalue weighted by atomic mass is 16.4. The Kier molecular flexibility index (Phi) is 7.34. The maximum atomic E-state index is 13.2. The molecule has 6 aromatic carbocycles. The number of aryl methyl sites for hydroxylation is 2. The van der Waals surface area contributed by atoms with Gasteiger partial charge >= 0.3 is 0 Å². The second kappa shape index (κ2) is 11.3. The van der Waals surface area contributed by atoms with Crippen LogP contribution in [0, 0.1) is 13.8 Å². The zero-order valence-electron chi connectivity index (χ0n) is 23.9. The molecule has 0 heterocycles. The molecule has 2 atom stereocenters. The Hall–Kier alpha value is -4.76. The molecule has 206 valence electrons. The van der Waals surface area contributed by atoms with E-state index in [0.29, 0.717) is 22.3 Å². The van der Waals surface area contributed by atoms with Crippen LogP contribution >= 0.6 is 0 Å². The van der Waals surface area contributed by atoms with E-state index in [4.69, 9.17) is 0 Å². The molecule has 2 nitrogen and oxygen atoms in total. The summed E-state index contributed by atoms with van der Waals surface area (Å²) in [5.41, 5.74) is 5.20. The van der Waals surface area contributed by atoms with E-state index in [1.807, 2.05) is 133 Å². The lowest BCUT2D eigenvalue weighted by atomic mass is 9.65. The maximum Gasteiger partial charge on any atom is 0.152 e. The van der Waals surface area contributed by atoms with Crippen molar-refractivity contribution in [3.05, 3.63) is 191 Å². The summed E-state index contributed by atoms with van der Waals surface area (Å²) in [4.78, 5) is 0. The van der Waals surface area contributed by atoms with E-state index in [1.54, 1.807) is 0 Å². The Morgan fingerprint density at radius 2 is 0.667 bits per heavy atom. The molecular formula is C40H34O2. The molecule has 0 bridgehead atoms. The molecule has 0 saturated carbocycles. The van der Waals surface area contributed by atoms with E-state index in [0.717, 1.165) is 33.4 Å². The monoisotopic (exact) mass is 546 g/mol. The molecule has 42 heavy (non-hydrogen) atoms. The molecule has 0 aliphatic heterocycles. The molecule has 0 spiro atoms. The van der Waals surface area contributed by atoms with Gasteiger partial charge in [-0.2, -0.15) is 0 Å². The van der Waals surface area contributed by atoms with Crippen molar-refractivity contribution < 1.29 is 10.2 Å². The van der Waals surface area contributed by atoms with E-state index in [2.05, 4.69) is 38.1 Å². The third-order valence-electron chi connectivity index (χ3n) is 8.36. The van der Waals surface area contributed by atoms with E-state index in [9.17, 15) is 10.2 Å². The van der Waals surface area contributed by atoms with Gasteiger partial charge in [0.05, 0.1) is 0 Å². The van der Waals surface area contributed by atoms with Gasteiger partial charge in [0.15, 0.2) is 11.2 Å². The molecule has 0 fully saturated rings. The van der Waals surface area contributed by atoms with E-state index in [-0.39, 0.29) is 0 Å². The highest BCUT2D eigenvalue weighted by molar-refractivity contribution is 5.70. The Labute approximate surface area is 248 Å². The molecule has 2 N–H and O–H groups in total. The summed E-state index contributed by atoms with van der Waals surface area (Å²) in [6.45, 7) is 4.11. The van der Waals surface area contributed by atoms with Crippen molar-refractivity contribution in [2.24, 2.45) is 0 Å². The van der Waals surface area contributed by atoms with Crippen molar-refractivity contribution in [1.82, 2.24) is 0 Å². The fourth-order valence-corrected chi connectivity index (χ4v) is 6.19. The Morgan fingerprint density at radius 1 is 0.357 bits per heavy atom. The van der Waals surface area contributed by atoms with Crippen LogP contribution in [0.3, 0.4) is 0 Å².